The highest BCUT2D eigenvalue weighted by Gasteiger charge is 2.37. The first-order valence-electron chi connectivity index (χ1n) is 13.3. The summed E-state index contributed by atoms with van der Waals surface area (Å²) in [5.74, 6) is 1.91. The highest BCUT2D eigenvalue weighted by molar-refractivity contribution is 5.95. The molecule has 0 radical (unpaired) electrons. The molecule has 2 aliphatic heterocycles. The van der Waals surface area contributed by atoms with Crippen LogP contribution in [0.15, 0.2) is 22.2 Å². The largest absolute Gasteiger partial charge is 0.352 e. The van der Waals surface area contributed by atoms with Gasteiger partial charge in [0.25, 0.3) is 5.56 Å². The summed E-state index contributed by atoms with van der Waals surface area (Å²) in [6.45, 7) is 11.3. The van der Waals surface area contributed by atoms with E-state index in [2.05, 4.69) is 43.7 Å². The van der Waals surface area contributed by atoms with Gasteiger partial charge in [0.15, 0.2) is 5.78 Å². The number of amidine groups is 1. The van der Waals surface area contributed by atoms with Gasteiger partial charge in [-0.2, -0.15) is 0 Å². The van der Waals surface area contributed by atoms with E-state index in [0.29, 0.717) is 39.9 Å². The number of nitrogens with zero attached hydrogens (tertiary/aromatic N) is 6. The number of rotatable bonds is 5. The molecule has 2 aromatic rings. The van der Waals surface area contributed by atoms with E-state index in [1.165, 1.54) is 19.8 Å². The first-order valence-corrected chi connectivity index (χ1v) is 13.3. The van der Waals surface area contributed by atoms with Crippen molar-refractivity contribution < 1.29 is 4.79 Å². The van der Waals surface area contributed by atoms with Crippen molar-refractivity contribution in [3.05, 3.63) is 44.4 Å². The summed E-state index contributed by atoms with van der Waals surface area (Å²) in [7, 11) is 2.22. The molecule has 2 aromatic heterocycles. The summed E-state index contributed by atoms with van der Waals surface area (Å²) in [6, 6.07) is 1.27. The monoisotopic (exact) mass is 503 g/mol. The van der Waals surface area contributed by atoms with E-state index in [-0.39, 0.29) is 22.9 Å². The Morgan fingerprint density at radius 2 is 1.76 bits per heavy atom. The van der Waals surface area contributed by atoms with E-state index in [4.69, 9.17) is 0 Å². The summed E-state index contributed by atoms with van der Waals surface area (Å²) in [5.41, 5.74) is 0.616. The number of pyridine rings is 1. The maximum atomic E-state index is 13.2. The second-order valence-corrected chi connectivity index (χ2v) is 10.7. The van der Waals surface area contributed by atoms with Gasteiger partial charge in [0.1, 0.15) is 17.5 Å². The summed E-state index contributed by atoms with van der Waals surface area (Å²) >= 11 is 0. The van der Waals surface area contributed by atoms with Crippen molar-refractivity contribution in [2.75, 3.05) is 30.4 Å². The predicted octanol–water partition coefficient (Wildman–Crippen LogP) is 2.23. The molecule has 5 rings (SSSR count). The fraction of sp³-hybridized carbons (Fsp3) is 0.536. The number of hydrogen-bond donors (Lipinski definition) is 1. The maximum absolute atomic E-state index is 13.2. The standard InChI is InChI=1S/C28H37N7O2/c1-17-24(18(2)35(21-8-6-7-9-21)28(37)27(17)19(3)36)12-29-20(4)32-25-13-31-26(14-30-25)34-15-22-10-11-23(16-34)33(22)5/h12-14,21-23H,2,6-11,15-16H2,1,3-5H3,(H,29,30,32)/b24-12-. The molecule has 3 aliphatic rings. The van der Waals surface area contributed by atoms with Crippen LogP contribution in [0.4, 0.5) is 11.6 Å². The zero-order valence-corrected chi connectivity index (χ0v) is 22.3. The molecule has 2 saturated heterocycles. The van der Waals surface area contributed by atoms with Crippen LogP contribution in [0.2, 0.25) is 0 Å². The van der Waals surface area contributed by atoms with Crippen molar-refractivity contribution >= 4 is 36.0 Å². The average molecular weight is 504 g/mol. The minimum atomic E-state index is -0.235. The molecule has 2 bridgehead atoms. The van der Waals surface area contributed by atoms with Crippen LogP contribution < -0.4 is 26.3 Å². The van der Waals surface area contributed by atoms with Crippen molar-refractivity contribution in [3.63, 3.8) is 0 Å². The van der Waals surface area contributed by atoms with Gasteiger partial charge in [0, 0.05) is 48.0 Å². The van der Waals surface area contributed by atoms with Crippen LogP contribution in [0.1, 0.15) is 74.3 Å². The second-order valence-electron chi connectivity index (χ2n) is 10.7. The number of carbonyl (C=O) groups excluding carboxylic acids is 1. The number of aromatic nitrogens is 3. The predicted molar refractivity (Wildman–Crippen MR) is 148 cm³/mol. The molecule has 9 nitrogen and oxygen atoms in total. The third-order valence-corrected chi connectivity index (χ3v) is 8.36. The summed E-state index contributed by atoms with van der Waals surface area (Å²) in [4.78, 5) is 44.2. The molecule has 0 aromatic carbocycles. The van der Waals surface area contributed by atoms with Crippen LogP contribution >= 0.6 is 0 Å². The molecular formula is C28H37N7O2. The molecule has 2 atom stereocenters. The van der Waals surface area contributed by atoms with E-state index in [1.54, 1.807) is 23.9 Å². The molecule has 0 amide bonds. The van der Waals surface area contributed by atoms with Gasteiger partial charge >= 0.3 is 0 Å². The minimum absolute atomic E-state index is 0.0818. The number of fused-ring (bicyclic) bond motifs is 2. The molecule has 1 N–H and O–H groups in total. The fourth-order valence-corrected chi connectivity index (χ4v) is 6.25. The molecule has 1 saturated carbocycles. The van der Waals surface area contributed by atoms with Crippen molar-refractivity contribution in [1.82, 2.24) is 19.4 Å². The van der Waals surface area contributed by atoms with Crippen LogP contribution in [-0.4, -0.2) is 63.3 Å². The summed E-state index contributed by atoms with van der Waals surface area (Å²) in [6.07, 6.45) is 11.8. The Hall–Kier alpha value is -3.33. The fourth-order valence-electron chi connectivity index (χ4n) is 6.25. The zero-order valence-electron chi connectivity index (χ0n) is 22.3. The smallest absolute Gasteiger partial charge is 0.262 e. The van der Waals surface area contributed by atoms with Crippen molar-refractivity contribution in [2.45, 2.75) is 77.4 Å². The Balaban J connectivity index is 1.38. The van der Waals surface area contributed by atoms with Gasteiger partial charge in [-0.3, -0.25) is 14.5 Å². The van der Waals surface area contributed by atoms with Gasteiger partial charge < -0.3 is 14.8 Å². The minimum Gasteiger partial charge on any atom is -0.352 e. The van der Waals surface area contributed by atoms with E-state index in [0.717, 1.165) is 44.6 Å². The van der Waals surface area contributed by atoms with E-state index >= 15 is 0 Å². The Bertz CT molecular complexity index is 1380. The molecule has 1 aliphatic carbocycles. The lowest BCUT2D eigenvalue weighted by molar-refractivity contribution is 0.101. The van der Waals surface area contributed by atoms with Gasteiger partial charge in [-0.25, -0.2) is 15.0 Å². The summed E-state index contributed by atoms with van der Waals surface area (Å²) < 4.78 is 1.72. The topological polar surface area (TPSA) is 95.7 Å². The first-order chi connectivity index (χ1) is 17.7. The van der Waals surface area contributed by atoms with Crippen LogP contribution in [0.5, 0.6) is 0 Å². The quantitative estimate of drug-likeness (QED) is 0.380. The number of anilines is 2. The van der Waals surface area contributed by atoms with Crippen LogP contribution in [0.3, 0.4) is 0 Å². The highest BCUT2D eigenvalue weighted by atomic mass is 16.1. The summed E-state index contributed by atoms with van der Waals surface area (Å²) in [5, 5.41) is 4.52. The van der Waals surface area contributed by atoms with E-state index in [1.807, 2.05) is 13.1 Å². The molecule has 37 heavy (non-hydrogen) atoms. The zero-order chi connectivity index (χ0) is 26.3. The normalized spacial score (nSPS) is 23.2. The Kier molecular flexibility index (Phi) is 6.98. The van der Waals surface area contributed by atoms with Gasteiger partial charge in [0.05, 0.1) is 18.0 Å². The SMILES string of the molecule is C=c1/c(=C\N=C(/C)Nc2cnc(N3CC4CCC(C3)N4C)cn2)c(C)c(C(C)=O)c(=O)n1C1CCCC1. The molecule has 3 fully saturated rings. The Labute approximate surface area is 217 Å². The lowest BCUT2D eigenvalue weighted by atomic mass is 10.0. The van der Waals surface area contributed by atoms with Gasteiger partial charge in [-0.05, 0) is 59.1 Å². The number of aliphatic imine (C=N–C) groups is 1. The average Bonchev–Trinajstić information content (AvgIpc) is 3.43. The van der Waals surface area contributed by atoms with Crippen LogP contribution in [0.25, 0.3) is 12.8 Å². The molecule has 0 spiro atoms. The Morgan fingerprint density at radius 3 is 2.35 bits per heavy atom. The lowest BCUT2D eigenvalue weighted by Crippen LogP contribution is -2.52. The van der Waals surface area contributed by atoms with E-state index in [9.17, 15) is 9.59 Å². The van der Waals surface area contributed by atoms with Crippen molar-refractivity contribution in [3.8, 4) is 0 Å². The third kappa shape index (κ3) is 4.84. The highest BCUT2D eigenvalue weighted by Crippen LogP contribution is 2.30. The third-order valence-electron chi connectivity index (χ3n) is 8.36. The number of ketones is 1. The molecule has 9 heteroatoms. The van der Waals surface area contributed by atoms with E-state index < -0.39 is 0 Å². The lowest BCUT2D eigenvalue weighted by Gasteiger charge is -2.39. The van der Waals surface area contributed by atoms with Gasteiger partial charge in [0.2, 0.25) is 0 Å². The molecular weight excluding hydrogens is 466 g/mol. The molecule has 2 unspecified atom stereocenters. The van der Waals surface area contributed by atoms with Gasteiger partial charge in [-0.15, -0.1) is 0 Å². The first kappa shape index (κ1) is 25.3. The molecule has 4 heterocycles. The number of piperazine rings is 1. The second kappa shape index (κ2) is 10.2. The van der Waals surface area contributed by atoms with Gasteiger partial charge in [-0.1, -0.05) is 19.4 Å². The number of likely N-dealkylation sites (N-methyl/N-ethyl adjacent to an activating group) is 1. The van der Waals surface area contributed by atoms with Crippen LogP contribution in [-0.2, 0) is 0 Å². The number of carbonyl (C=O) groups is 1. The van der Waals surface area contributed by atoms with Crippen molar-refractivity contribution in [1.29, 1.82) is 0 Å². The number of nitrogens with one attached hydrogen (secondary N) is 1. The maximum Gasteiger partial charge on any atom is 0.262 e. The Morgan fingerprint density at radius 1 is 1.08 bits per heavy atom. The molecule has 196 valence electrons. The van der Waals surface area contributed by atoms with Crippen LogP contribution in [0, 0.1) is 6.92 Å². The van der Waals surface area contributed by atoms with Crippen molar-refractivity contribution in [2.24, 2.45) is 4.99 Å². The number of Topliss-reactive ketones (excluding diaryl/α,β-unsaturated/α-hetero) is 1. The number of hydrogen-bond acceptors (Lipinski definition) is 7.